The van der Waals surface area contributed by atoms with E-state index in [9.17, 15) is 8.42 Å². The fourth-order valence-corrected chi connectivity index (χ4v) is 3.32. The molecule has 22 heavy (non-hydrogen) atoms. The van der Waals surface area contributed by atoms with E-state index in [0.717, 1.165) is 16.7 Å². The van der Waals surface area contributed by atoms with Gasteiger partial charge in [-0.05, 0) is 50.7 Å². The minimum absolute atomic E-state index is 0.0578. The number of hydrogen-bond donors (Lipinski definition) is 1. The summed E-state index contributed by atoms with van der Waals surface area (Å²) in [5.41, 5.74) is 2.25. The molecule has 0 atom stereocenters. The molecule has 0 aliphatic heterocycles. The van der Waals surface area contributed by atoms with E-state index in [2.05, 4.69) is 20.9 Å². The highest BCUT2D eigenvalue weighted by molar-refractivity contribution is 9.10. The first-order valence-corrected chi connectivity index (χ1v) is 9.20. The van der Waals surface area contributed by atoms with E-state index in [0.29, 0.717) is 9.63 Å². The van der Waals surface area contributed by atoms with Crippen LogP contribution in [0.25, 0.3) is 11.1 Å². The van der Waals surface area contributed by atoms with Gasteiger partial charge in [-0.15, -0.1) is 0 Å². The van der Waals surface area contributed by atoms with E-state index in [1.807, 2.05) is 20.8 Å². The average molecular weight is 404 g/mol. The molecule has 118 valence electrons. The van der Waals surface area contributed by atoms with Crippen LogP contribution in [0.5, 0.6) is 0 Å². The maximum atomic E-state index is 11.7. The second-order valence-electron chi connectivity index (χ2n) is 5.99. The van der Waals surface area contributed by atoms with Crippen LogP contribution >= 0.6 is 27.5 Å². The topological polar surface area (TPSA) is 73.1 Å². The Morgan fingerprint density at radius 1 is 1.18 bits per heavy atom. The van der Waals surface area contributed by atoms with Gasteiger partial charge in [-0.3, -0.25) is 0 Å². The second kappa shape index (κ2) is 5.92. The van der Waals surface area contributed by atoms with Crippen molar-refractivity contribution < 1.29 is 8.42 Å². The number of sulfonamides is 1. The van der Waals surface area contributed by atoms with E-state index >= 15 is 0 Å². The van der Waals surface area contributed by atoms with Crippen molar-refractivity contribution in [2.45, 2.75) is 31.1 Å². The standard InChI is InChI=1S/C15H16BrClN2O2S/c1-15(2,3)13-5-4-10(22(18,20)21)7-11(13)12-6-9(17)8-19-14(12)16/h4-8H,1-3H3,(H2,18,20,21). The highest BCUT2D eigenvalue weighted by Gasteiger charge is 2.22. The number of benzene rings is 1. The van der Waals surface area contributed by atoms with Crippen molar-refractivity contribution in [3.63, 3.8) is 0 Å². The number of halogens is 2. The highest BCUT2D eigenvalue weighted by Crippen LogP contribution is 2.38. The van der Waals surface area contributed by atoms with Gasteiger partial charge in [0.25, 0.3) is 0 Å². The lowest BCUT2D eigenvalue weighted by molar-refractivity contribution is 0.588. The largest absolute Gasteiger partial charge is 0.247 e. The molecule has 1 aromatic carbocycles. The van der Waals surface area contributed by atoms with Crippen molar-refractivity contribution in [1.29, 1.82) is 0 Å². The van der Waals surface area contributed by atoms with E-state index in [-0.39, 0.29) is 10.3 Å². The molecule has 0 amide bonds. The number of primary sulfonamides is 1. The van der Waals surface area contributed by atoms with Gasteiger partial charge in [0.05, 0.1) is 9.92 Å². The van der Waals surface area contributed by atoms with Crippen LogP contribution in [0.15, 0.2) is 40.0 Å². The molecule has 0 aliphatic carbocycles. The summed E-state index contributed by atoms with van der Waals surface area (Å²) >= 11 is 9.43. The molecule has 4 nitrogen and oxygen atoms in total. The van der Waals surface area contributed by atoms with Gasteiger partial charge in [-0.1, -0.05) is 38.4 Å². The molecule has 0 spiro atoms. The van der Waals surface area contributed by atoms with Crippen LogP contribution in [0.3, 0.4) is 0 Å². The summed E-state index contributed by atoms with van der Waals surface area (Å²) in [5, 5.41) is 5.72. The molecule has 0 radical (unpaired) electrons. The lowest BCUT2D eigenvalue weighted by atomic mass is 9.82. The molecule has 7 heteroatoms. The summed E-state index contributed by atoms with van der Waals surface area (Å²) < 4.78 is 23.9. The van der Waals surface area contributed by atoms with Crippen molar-refractivity contribution in [3.8, 4) is 11.1 Å². The molecule has 0 saturated heterocycles. The quantitative estimate of drug-likeness (QED) is 0.767. The number of nitrogens with two attached hydrogens (primary N) is 1. The predicted octanol–water partition coefficient (Wildman–Crippen LogP) is 4.11. The molecule has 0 unspecified atom stereocenters. The number of aromatic nitrogens is 1. The molecule has 2 rings (SSSR count). The first-order valence-electron chi connectivity index (χ1n) is 6.49. The molecular weight excluding hydrogens is 388 g/mol. The third-order valence-electron chi connectivity index (χ3n) is 3.22. The fourth-order valence-electron chi connectivity index (χ4n) is 2.19. The molecule has 1 aromatic heterocycles. The summed E-state index contributed by atoms with van der Waals surface area (Å²) in [6.07, 6.45) is 1.52. The van der Waals surface area contributed by atoms with Crippen LogP contribution in [0.2, 0.25) is 5.02 Å². The minimum Gasteiger partial charge on any atom is -0.247 e. The number of nitrogens with zero attached hydrogens (tertiary/aromatic N) is 1. The fraction of sp³-hybridized carbons (Fsp3) is 0.267. The molecule has 2 aromatic rings. The second-order valence-corrected chi connectivity index (χ2v) is 8.74. The highest BCUT2D eigenvalue weighted by atomic mass is 79.9. The Kier molecular flexibility index (Phi) is 4.69. The van der Waals surface area contributed by atoms with E-state index in [1.165, 1.54) is 12.3 Å². The van der Waals surface area contributed by atoms with Gasteiger partial charge in [0.15, 0.2) is 0 Å². The van der Waals surface area contributed by atoms with Crippen molar-refractivity contribution in [2.75, 3.05) is 0 Å². The van der Waals surface area contributed by atoms with Crippen LogP contribution in [0.1, 0.15) is 26.3 Å². The maximum absolute atomic E-state index is 11.7. The van der Waals surface area contributed by atoms with Gasteiger partial charge in [-0.2, -0.15) is 0 Å². The molecule has 2 N–H and O–H groups in total. The first-order chi connectivity index (χ1) is 10.00. The van der Waals surface area contributed by atoms with Gasteiger partial charge in [0, 0.05) is 11.8 Å². The lowest BCUT2D eigenvalue weighted by Gasteiger charge is -2.24. The molecule has 0 bridgehead atoms. The Morgan fingerprint density at radius 3 is 2.36 bits per heavy atom. The van der Waals surface area contributed by atoms with Gasteiger partial charge in [0.2, 0.25) is 10.0 Å². The van der Waals surface area contributed by atoms with E-state index in [4.69, 9.17) is 16.7 Å². The van der Waals surface area contributed by atoms with Gasteiger partial charge < -0.3 is 0 Å². The van der Waals surface area contributed by atoms with Crippen LogP contribution in [0, 0.1) is 0 Å². The van der Waals surface area contributed by atoms with Crippen LogP contribution < -0.4 is 5.14 Å². The third-order valence-corrected chi connectivity index (χ3v) is 4.97. The lowest BCUT2D eigenvalue weighted by Crippen LogP contribution is -2.16. The Balaban J connectivity index is 2.83. The van der Waals surface area contributed by atoms with Crippen molar-refractivity contribution >= 4 is 37.6 Å². The van der Waals surface area contributed by atoms with Gasteiger partial charge in [0.1, 0.15) is 4.60 Å². The summed E-state index contributed by atoms with van der Waals surface area (Å²) in [4.78, 5) is 4.23. The SMILES string of the molecule is CC(C)(C)c1ccc(S(N)(=O)=O)cc1-c1cc(Cl)cnc1Br. The Morgan fingerprint density at radius 2 is 1.82 bits per heavy atom. The number of hydrogen-bond acceptors (Lipinski definition) is 3. The van der Waals surface area contributed by atoms with Gasteiger partial charge >= 0.3 is 0 Å². The minimum atomic E-state index is -3.79. The van der Waals surface area contributed by atoms with E-state index in [1.54, 1.807) is 18.2 Å². The smallest absolute Gasteiger partial charge is 0.238 e. The monoisotopic (exact) mass is 402 g/mol. The Bertz CT molecular complexity index is 830. The number of pyridine rings is 1. The van der Waals surface area contributed by atoms with Crippen molar-refractivity contribution in [3.05, 3.63) is 45.7 Å². The molecular formula is C15H16BrClN2O2S. The summed E-state index contributed by atoms with van der Waals surface area (Å²) in [6, 6.07) is 6.61. The number of rotatable bonds is 2. The maximum Gasteiger partial charge on any atom is 0.238 e. The van der Waals surface area contributed by atoms with Crippen molar-refractivity contribution in [2.24, 2.45) is 5.14 Å². The normalized spacial score (nSPS) is 12.5. The molecule has 0 saturated carbocycles. The Hall–Kier alpha value is -0.950. The van der Waals surface area contributed by atoms with E-state index < -0.39 is 10.0 Å². The molecule has 1 heterocycles. The van der Waals surface area contributed by atoms with Crippen LogP contribution in [0.4, 0.5) is 0 Å². The Labute approximate surface area is 143 Å². The third kappa shape index (κ3) is 3.68. The molecule has 0 aliphatic rings. The van der Waals surface area contributed by atoms with Crippen LogP contribution in [-0.2, 0) is 15.4 Å². The predicted molar refractivity (Wildman–Crippen MR) is 92.5 cm³/mol. The zero-order valence-corrected chi connectivity index (χ0v) is 15.6. The first kappa shape index (κ1) is 17.4. The average Bonchev–Trinajstić information content (AvgIpc) is 2.39. The van der Waals surface area contributed by atoms with Crippen molar-refractivity contribution in [1.82, 2.24) is 4.98 Å². The molecule has 0 fully saturated rings. The zero-order valence-electron chi connectivity index (χ0n) is 12.4. The summed E-state index contributed by atoms with van der Waals surface area (Å²) in [7, 11) is -3.79. The van der Waals surface area contributed by atoms with Crippen LogP contribution in [-0.4, -0.2) is 13.4 Å². The van der Waals surface area contributed by atoms with Gasteiger partial charge in [-0.25, -0.2) is 18.5 Å². The zero-order chi connectivity index (χ0) is 16.7. The summed E-state index contributed by atoms with van der Waals surface area (Å²) in [5.74, 6) is 0. The summed E-state index contributed by atoms with van der Waals surface area (Å²) in [6.45, 7) is 6.15.